The second-order valence-corrected chi connectivity index (χ2v) is 4.09. The molecule has 4 heteroatoms. The molecule has 0 aromatic carbocycles. The highest BCUT2D eigenvalue weighted by molar-refractivity contribution is 5.44. The van der Waals surface area contributed by atoms with Gasteiger partial charge in [0.25, 0.3) is 0 Å². The third-order valence-corrected chi connectivity index (χ3v) is 2.87. The summed E-state index contributed by atoms with van der Waals surface area (Å²) in [4.78, 5) is 6.14. The standard InChI is InChI=1S/C13H18FN3/c1-2-15-10-11-6-7-16-13(12(11)14)17-8-4-3-5-9-17/h3-4,6-7,15H,2,5,8-10H2,1H3. The summed E-state index contributed by atoms with van der Waals surface area (Å²) in [6.45, 7) is 4.99. The third-order valence-electron chi connectivity index (χ3n) is 2.87. The SMILES string of the molecule is CCNCc1ccnc(N2CC=CCC2)c1F. The number of aromatic nitrogens is 1. The molecule has 0 atom stereocenters. The van der Waals surface area contributed by atoms with E-state index in [1.54, 1.807) is 12.3 Å². The zero-order valence-electron chi connectivity index (χ0n) is 10.1. The molecule has 1 aromatic rings. The number of nitrogens with one attached hydrogen (secondary N) is 1. The van der Waals surface area contributed by atoms with Crippen LogP contribution in [0.3, 0.4) is 0 Å². The van der Waals surface area contributed by atoms with Gasteiger partial charge in [-0.05, 0) is 19.0 Å². The molecule has 0 radical (unpaired) electrons. The lowest BCUT2D eigenvalue weighted by Crippen LogP contribution is -2.29. The van der Waals surface area contributed by atoms with Crippen molar-refractivity contribution in [1.29, 1.82) is 0 Å². The normalized spacial score (nSPS) is 15.3. The predicted octanol–water partition coefficient (Wildman–Crippen LogP) is 2.10. The molecule has 0 fully saturated rings. The average molecular weight is 235 g/mol. The third kappa shape index (κ3) is 2.82. The molecule has 1 aromatic heterocycles. The minimum atomic E-state index is -0.191. The molecule has 1 aliphatic rings. The molecule has 0 aliphatic carbocycles. The van der Waals surface area contributed by atoms with Gasteiger partial charge in [-0.2, -0.15) is 0 Å². The molecule has 1 N–H and O–H groups in total. The molecule has 0 saturated heterocycles. The van der Waals surface area contributed by atoms with E-state index in [1.165, 1.54) is 0 Å². The van der Waals surface area contributed by atoms with E-state index in [2.05, 4.69) is 22.5 Å². The van der Waals surface area contributed by atoms with Crippen LogP contribution in [0.25, 0.3) is 0 Å². The van der Waals surface area contributed by atoms with Gasteiger partial charge >= 0.3 is 0 Å². The highest BCUT2D eigenvalue weighted by Crippen LogP contribution is 2.21. The molecule has 0 unspecified atom stereocenters. The van der Waals surface area contributed by atoms with Crippen molar-refractivity contribution >= 4 is 5.82 Å². The van der Waals surface area contributed by atoms with Crippen LogP contribution < -0.4 is 10.2 Å². The minimum absolute atomic E-state index is 0.191. The van der Waals surface area contributed by atoms with Crippen molar-refractivity contribution in [2.24, 2.45) is 0 Å². The summed E-state index contributed by atoms with van der Waals surface area (Å²) < 4.78 is 14.2. The zero-order valence-corrected chi connectivity index (χ0v) is 10.1. The quantitative estimate of drug-likeness (QED) is 0.810. The Morgan fingerprint density at radius 2 is 2.35 bits per heavy atom. The molecule has 1 aliphatic heterocycles. The summed E-state index contributed by atoms with van der Waals surface area (Å²) in [7, 11) is 0. The molecular weight excluding hydrogens is 217 g/mol. The fourth-order valence-electron chi connectivity index (χ4n) is 1.92. The molecule has 17 heavy (non-hydrogen) atoms. The maximum absolute atomic E-state index is 14.2. The van der Waals surface area contributed by atoms with Crippen LogP contribution in [0.4, 0.5) is 10.2 Å². The topological polar surface area (TPSA) is 28.2 Å². The predicted molar refractivity (Wildman–Crippen MR) is 67.5 cm³/mol. The fourth-order valence-corrected chi connectivity index (χ4v) is 1.92. The van der Waals surface area contributed by atoms with Crippen LogP contribution in [0.1, 0.15) is 18.9 Å². The van der Waals surface area contributed by atoms with Gasteiger partial charge in [-0.25, -0.2) is 9.37 Å². The molecular formula is C13H18FN3. The lowest BCUT2D eigenvalue weighted by Gasteiger charge is -2.25. The lowest BCUT2D eigenvalue weighted by molar-refractivity contribution is 0.580. The Bertz CT molecular complexity index is 404. The van der Waals surface area contributed by atoms with Crippen molar-refractivity contribution in [2.45, 2.75) is 19.9 Å². The first kappa shape index (κ1) is 12.0. The molecule has 0 spiro atoms. The molecule has 0 bridgehead atoms. The minimum Gasteiger partial charge on any atom is -0.350 e. The number of hydrogen-bond donors (Lipinski definition) is 1. The summed E-state index contributed by atoms with van der Waals surface area (Å²) in [6, 6.07) is 1.74. The molecule has 2 rings (SSSR count). The van der Waals surface area contributed by atoms with Crippen molar-refractivity contribution < 1.29 is 4.39 Å². The van der Waals surface area contributed by atoms with E-state index in [1.807, 2.05) is 11.8 Å². The Morgan fingerprint density at radius 3 is 3.06 bits per heavy atom. The van der Waals surface area contributed by atoms with Crippen LogP contribution in [-0.2, 0) is 6.54 Å². The molecule has 0 amide bonds. The van der Waals surface area contributed by atoms with Crippen molar-refractivity contribution in [3.05, 3.63) is 35.8 Å². The highest BCUT2D eigenvalue weighted by atomic mass is 19.1. The van der Waals surface area contributed by atoms with Crippen LogP contribution in [0.2, 0.25) is 0 Å². The Hall–Kier alpha value is -1.42. The van der Waals surface area contributed by atoms with Crippen LogP contribution in [0.5, 0.6) is 0 Å². The summed E-state index contributed by atoms with van der Waals surface area (Å²) in [6.07, 6.45) is 6.82. The first-order valence-electron chi connectivity index (χ1n) is 6.07. The maximum atomic E-state index is 14.2. The number of pyridine rings is 1. The lowest BCUT2D eigenvalue weighted by atomic mass is 10.2. The largest absolute Gasteiger partial charge is 0.350 e. The van der Waals surface area contributed by atoms with Crippen LogP contribution >= 0.6 is 0 Å². The van der Waals surface area contributed by atoms with Crippen LogP contribution in [0, 0.1) is 5.82 Å². The second-order valence-electron chi connectivity index (χ2n) is 4.09. The van der Waals surface area contributed by atoms with E-state index in [0.717, 1.165) is 26.1 Å². The van der Waals surface area contributed by atoms with Gasteiger partial charge in [-0.1, -0.05) is 19.1 Å². The van der Waals surface area contributed by atoms with Crippen LogP contribution in [-0.4, -0.2) is 24.6 Å². The summed E-state index contributed by atoms with van der Waals surface area (Å²) in [5.41, 5.74) is 0.686. The number of anilines is 1. The smallest absolute Gasteiger partial charge is 0.170 e. The summed E-state index contributed by atoms with van der Waals surface area (Å²) in [5, 5.41) is 3.14. The Labute approximate surface area is 101 Å². The van der Waals surface area contributed by atoms with Gasteiger partial charge in [0.1, 0.15) is 0 Å². The number of rotatable bonds is 4. The van der Waals surface area contributed by atoms with E-state index in [4.69, 9.17) is 0 Å². The van der Waals surface area contributed by atoms with E-state index in [9.17, 15) is 4.39 Å². The Morgan fingerprint density at radius 1 is 1.47 bits per heavy atom. The van der Waals surface area contributed by atoms with Gasteiger partial charge in [0.05, 0.1) is 0 Å². The summed E-state index contributed by atoms with van der Waals surface area (Å²) >= 11 is 0. The Balaban J connectivity index is 2.19. The van der Waals surface area contributed by atoms with Gasteiger partial charge in [0.15, 0.2) is 11.6 Å². The van der Waals surface area contributed by atoms with Gasteiger partial charge in [-0.3, -0.25) is 0 Å². The first-order chi connectivity index (χ1) is 8.33. The van der Waals surface area contributed by atoms with E-state index in [-0.39, 0.29) is 5.82 Å². The van der Waals surface area contributed by atoms with Crippen molar-refractivity contribution in [3.8, 4) is 0 Å². The molecule has 92 valence electrons. The monoisotopic (exact) mass is 235 g/mol. The van der Waals surface area contributed by atoms with E-state index in [0.29, 0.717) is 17.9 Å². The second kappa shape index (κ2) is 5.77. The van der Waals surface area contributed by atoms with E-state index >= 15 is 0 Å². The van der Waals surface area contributed by atoms with Crippen molar-refractivity contribution in [1.82, 2.24) is 10.3 Å². The first-order valence-corrected chi connectivity index (χ1v) is 6.07. The summed E-state index contributed by atoms with van der Waals surface area (Å²) in [5.74, 6) is 0.286. The zero-order chi connectivity index (χ0) is 12.1. The van der Waals surface area contributed by atoms with Gasteiger partial charge in [0.2, 0.25) is 0 Å². The fraction of sp³-hybridized carbons (Fsp3) is 0.462. The van der Waals surface area contributed by atoms with E-state index < -0.39 is 0 Å². The average Bonchev–Trinajstić information content (AvgIpc) is 2.39. The van der Waals surface area contributed by atoms with Crippen molar-refractivity contribution in [2.75, 3.05) is 24.5 Å². The molecule has 2 heterocycles. The number of hydrogen-bond acceptors (Lipinski definition) is 3. The van der Waals surface area contributed by atoms with Gasteiger partial charge in [0, 0.05) is 31.4 Å². The Kier molecular flexibility index (Phi) is 4.09. The highest BCUT2D eigenvalue weighted by Gasteiger charge is 2.16. The van der Waals surface area contributed by atoms with Gasteiger partial charge in [-0.15, -0.1) is 0 Å². The van der Waals surface area contributed by atoms with Crippen LogP contribution in [0.15, 0.2) is 24.4 Å². The molecule has 3 nitrogen and oxygen atoms in total. The maximum Gasteiger partial charge on any atom is 0.170 e. The number of halogens is 1. The number of nitrogens with zero attached hydrogens (tertiary/aromatic N) is 2. The van der Waals surface area contributed by atoms with Crippen molar-refractivity contribution in [3.63, 3.8) is 0 Å². The van der Waals surface area contributed by atoms with Gasteiger partial charge < -0.3 is 10.2 Å². The molecule has 0 saturated carbocycles.